The average Bonchev–Trinajstić information content (AvgIpc) is 2.52. The molecule has 4 heteroatoms. The van der Waals surface area contributed by atoms with Crippen molar-refractivity contribution in [1.29, 1.82) is 0 Å². The van der Waals surface area contributed by atoms with Crippen LogP contribution >= 0.6 is 0 Å². The Morgan fingerprint density at radius 2 is 1.90 bits per heavy atom. The van der Waals surface area contributed by atoms with E-state index in [1.807, 2.05) is 37.3 Å². The maximum atomic E-state index is 5.87. The van der Waals surface area contributed by atoms with Crippen LogP contribution in [0.15, 0.2) is 54.9 Å². The van der Waals surface area contributed by atoms with E-state index in [1.54, 1.807) is 6.33 Å². The fourth-order valence-corrected chi connectivity index (χ4v) is 2.21. The molecule has 2 aromatic carbocycles. The summed E-state index contributed by atoms with van der Waals surface area (Å²) in [5, 5.41) is 5.55. The van der Waals surface area contributed by atoms with Crippen molar-refractivity contribution in [2.75, 3.05) is 18.5 Å². The lowest BCUT2D eigenvalue weighted by molar-refractivity contribution is 0.336. The first-order chi connectivity index (χ1) is 10.3. The Morgan fingerprint density at radius 1 is 1.05 bits per heavy atom. The monoisotopic (exact) mass is 279 g/mol. The second-order valence-corrected chi connectivity index (χ2v) is 4.80. The summed E-state index contributed by atoms with van der Waals surface area (Å²) in [7, 11) is 0. The molecule has 0 amide bonds. The highest BCUT2D eigenvalue weighted by molar-refractivity contribution is 5.88. The minimum atomic E-state index is 0.580. The van der Waals surface area contributed by atoms with Crippen molar-refractivity contribution >= 4 is 16.6 Å². The van der Waals surface area contributed by atoms with Gasteiger partial charge in [0.25, 0.3) is 0 Å². The van der Waals surface area contributed by atoms with Crippen molar-refractivity contribution in [3.05, 3.63) is 60.6 Å². The van der Waals surface area contributed by atoms with E-state index in [9.17, 15) is 0 Å². The highest BCUT2D eigenvalue weighted by Gasteiger charge is 2.01. The smallest absolute Gasteiger partial charge is 0.129 e. The van der Waals surface area contributed by atoms with Crippen molar-refractivity contribution < 1.29 is 4.74 Å². The molecule has 1 aromatic heterocycles. The Labute approximate surface area is 123 Å². The van der Waals surface area contributed by atoms with Crippen LogP contribution in [0, 0.1) is 6.92 Å². The van der Waals surface area contributed by atoms with Crippen LogP contribution in [-0.4, -0.2) is 23.1 Å². The zero-order valence-corrected chi connectivity index (χ0v) is 11.9. The molecule has 0 fully saturated rings. The van der Waals surface area contributed by atoms with E-state index in [4.69, 9.17) is 4.74 Å². The van der Waals surface area contributed by atoms with E-state index in [0.29, 0.717) is 13.2 Å². The molecular formula is C17H17N3O. The summed E-state index contributed by atoms with van der Waals surface area (Å²) >= 11 is 0. The topological polar surface area (TPSA) is 47.0 Å². The number of benzene rings is 2. The van der Waals surface area contributed by atoms with Gasteiger partial charge < -0.3 is 10.1 Å². The third-order valence-electron chi connectivity index (χ3n) is 3.22. The lowest BCUT2D eigenvalue weighted by atomic mass is 10.1. The molecule has 1 N–H and O–H groups in total. The first-order valence-corrected chi connectivity index (χ1v) is 6.96. The van der Waals surface area contributed by atoms with Crippen molar-refractivity contribution in [3.63, 3.8) is 0 Å². The van der Waals surface area contributed by atoms with E-state index < -0.39 is 0 Å². The summed E-state index contributed by atoms with van der Waals surface area (Å²) in [6, 6.07) is 16.2. The number of aryl methyl sites for hydroxylation is 1. The zero-order chi connectivity index (χ0) is 14.5. The molecule has 0 unspecified atom stereocenters. The number of nitrogens with zero attached hydrogens (tertiary/aromatic N) is 2. The maximum absolute atomic E-state index is 5.87. The van der Waals surface area contributed by atoms with E-state index in [2.05, 4.69) is 33.5 Å². The molecular weight excluding hydrogens is 262 g/mol. The first-order valence-electron chi connectivity index (χ1n) is 6.96. The molecule has 0 radical (unpaired) electrons. The average molecular weight is 279 g/mol. The van der Waals surface area contributed by atoms with Gasteiger partial charge in [0, 0.05) is 17.1 Å². The lowest BCUT2D eigenvalue weighted by Gasteiger charge is -2.10. The van der Waals surface area contributed by atoms with Gasteiger partial charge in [0.1, 0.15) is 24.5 Å². The van der Waals surface area contributed by atoms with E-state index in [0.717, 1.165) is 22.6 Å². The van der Waals surface area contributed by atoms with Crippen LogP contribution in [0.3, 0.4) is 0 Å². The Hall–Kier alpha value is -2.62. The summed E-state index contributed by atoms with van der Waals surface area (Å²) < 4.78 is 5.87. The summed E-state index contributed by atoms with van der Waals surface area (Å²) in [5.41, 5.74) is 0.947. The van der Waals surface area contributed by atoms with Gasteiger partial charge in [-0.2, -0.15) is 0 Å². The quantitative estimate of drug-likeness (QED) is 0.727. The van der Waals surface area contributed by atoms with Crippen LogP contribution in [0.4, 0.5) is 5.82 Å². The molecule has 3 aromatic rings. The largest absolute Gasteiger partial charge is 0.491 e. The number of aromatic nitrogens is 2. The van der Waals surface area contributed by atoms with Crippen molar-refractivity contribution in [3.8, 4) is 5.75 Å². The highest BCUT2D eigenvalue weighted by atomic mass is 16.5. The molecule has 1 heterocycles. The molecule has 21 heavy (non-hydrogen) atoms. The Kier molecular flexibility index (Phi) is 3.96. The van der Waals surface area contributed by atoms with E-state index in [1.165, 1.54) is 5.39 Å². The second kappa shape index (κ2) is 6.22. The van der Waals surface area contributed by atoms with Crippen LogP contribution in [0.25, 0.3) is 10.8 Å². The van der Waals surface area contributed by atoms with Gasteiger partial charge in [-0.05, 0) is 18.4 Å². The third-order valence-corrected chi connectivity index (χ3v) is 3.22. The second-order valence-electron chi connectivity index (χ2n) is 4.80. The van der Waals surface area contributed by atoms with Gasteiger partial charge in [-0.3, -0.25) is 0 Å². The van der Waals surface area contributed by atoms with Gasteiger partial charge >= 0.3 is 0 Å². The number of hydrogen-bond donors (Lipinski definition) is 1. The lowest BCUT2D eigenvalue weighted by Crippen LogP contribution is -2.12. The van der Waals surface area contributed by atoms with Crippen LogP contribution < -0.4 is 10.1 Å². The van der Waals surface area contributed by atoms with Crippen molar-refractivity contribution in [1.82, 2.24) is 9.97 Å². The minimum Gasteiger partial charge on any atom is -0.491 e. The molecule has 0 saturated carbocycles. The number of nitrogens with one attached hydrogen (secondary N) is 1. The van der Waals surface area contributed by atoms with Crippen LogP contribution in [0.5, 0.6) is 5.75 Å². The molecule has 0 aliphatic rings. The number of fused-ring (bicyclic) bond motifs is 1. The standard InChI is InChI=1S/C17H17N3O/c1-13-11-17(20-12-19-13)18-9-10-21-16-8-4-6-14-5-2-3-7-15(14)16/h2-8,11-12H,9-10H2,1H3,(H,18,19,20). The number of rotatable bonds is 5. The van der Waals surface area contributed by atoms with Gasteiger partial charge in [-0.15, -0.1) is 0 Å². The minimum absolute atomic E-state index is 0.580. The first kappa shape index (κ1) is 13.4. The van der Waals surface area contributed by atoms with Crippen LogP contribution in [0.2, 0.25) is 0 Å². The highest BCUT2D eigenvalue weighted by Crippen LogP contribution is 2.24. The van der Waals surface area contributed by atoms with Crippen molar-refractivity contribution in [2.45, 2.75) is 6.92 Å². The normalized spacial score (nSPS) is 10.5. The zero-order valence-electron chi connectivity index (χ0n) is 11.9. The van der Waals surface area contributed by atoms with Gasteiger partial charge in [-0.1, -0.05) is 36.4 Å². The molecule has 106 valence electrons. The van der Waals surface area contributed by atoms with Crippen LogP contribution in [-0.2, 0) is 0 Å². The molecule has 3 rings (SSSR count). The molecule has 0 saturated heterocycles. The summed E-state index contributed by atoms with van der Waals surface area (Å²) in [6.45, 7) is 3.22. The number of hydrogen-bond acceptors (Lipinski definition) is 4. The predicted octanol–water partition coefficient (Wildman–Crippen LogP) is 3.43. The Bertz CT molecular complexity index is 737. The molecule has 0 bridgehead atoms. The molecule has 0 aliphatic carbocycles. The Balaban J connectivity index is 1.60. The predicted molar refractivity (Wildman–Crippen MR) is 84.7 cm³/mol. The SMILES string of the molecule is Cc1cc(NCCOc2cccc3ccccc23)ncn1. The Morgan fingerprint density at radius 3 is 2.81 bits per heavy atom. The van der Waals surface area contributed by atoms with Gasteiger partial charge in [0.15, 0.2) is 0 Å². The van der Waals surface area contributed by atoms with E-state index in [-0.39, 0.29) is 0 Å². The fourth-order valence-electron chi connectivity index (χ4n) is 2.21. The molecule has 0 spiro atoms. The summed E-state index contributed by atoms with van der Waals surface area (Å²) in [4.78, 5) is 8.22. The molecule has 0 atom stereocenters. The summed E-state index contributed by atoms with van der Waals surface area (Å²) in [5.74, 6) is 1.73. The van der Waals surface area contributed by atoms with Gasteiger partial charge in [0.2, 0.25) is 0 Å². The van der Waals surface area contributed by atoms with Crippen molar-refractivity contribution in [2.24, 2.45) is 0 Å². The van der Waals surface area contributed by atoms with Crippen LogP contribution in [0.1, 0.15) is 5.69 Å². The van der Waals surface area contributed by atoms with E-state index >= 15 is 0 Å². The maximum Gasteiger partial charge on any atom is 0.129 e. The third kappa shape index (κ3) is 3.28. The number of ether oxygens (including phenoxy) is 1. The molecule has 4 nitrogen and oxygen atoms in total. The van der Waals surface area contributed by atoms with Gasteiger partial charge in [-0.25, -0.2) is 9.97 Å². The van der Waals surface area contributed by atoms with Gasteiger partial charge in [0.05, 0.1) is 6.54 Å². The summed E-state index contributed by atoms with van der Waals surface area (Å²) in [6.07, 6.45) is 1.56. The molecule has 0 aliphatic heterocycles. The number of anilines is 1. The fraction of sp³-hybridized carbons (Fsp3) is 0.176.